The van der Waals surface area contributed by atoms with E-state index >= 15 is 0 Å². The second-order valence-electron chi connectivity index (χ2n) is 6.36. The Kier molecular flexibility index (Phi) is 3.26. The Morgan fingerprint density at radius 1 is 1.05 bits per heavy atom. The average molecular weight is 281 g/mol. The van der Waals surface area contributed by atoms with Crippen molar-refractivity contribution in [2.75, 3.05) is 0 Å². The van der Waals surface area contributed by atoms with Crippen molar-refractivity contribution in [1.29, 1.82) is 0 Å². The SMILES string of the molecule is CC(C)(C)C(N)c1noc(-c2ccc3ccccc3c2)n1. The monoisotopic (exact) mass is 281 g/mol. The Morgan fingerprint density at radius 3 is 2.48 bits per heavy atom. The van der Waals surface area contributed by atoms with Crippen molar-refractivity contribution in [3.05, 3.63) is 48.3 Å². The molecule has 0 saturated carbocycles. The molecule has 0 spiro atoms. The first-order valence-corrected chi connectivity index (χ1v) is 7.03. The number of nitrogens with zero attached hydrogens (tertiary/aromatic N) is 2. The van der Waals surface area contributed by atoms with Gasteiger partial charge in [-0.1, -0.05) is 56.3 Å². The fourth-order valence-electron chi connectivity index (χ4n) is 2.19. The Morgan fingerprint density at radius 2 is 1.76 bits per heavy atom. The summed E-state index contributed by atoms with van der Waals surface area (Å²) in [6.07, 6.45) is 0. The van der Waals surface area contributed by atoms with E-state index in [-0.39, 0.29) is 11.5 Å². The van der Waals surface area contributed by atoms with Gasteiger partial charge in [0.25, 0.3) is 5.89 Å². The standard InChI is InChI=1S/C17H19N3O/c1-17(2,3)14(18)15-19-16(21-20-15)13-9-8-11-6-4-5-7-12(11)10-13/h4-10,14H,18H2,1-3H3. The van der Waals surface area contributed by atoms with Crippen LogP contribution in [0.25, 0.3) is 22.2 Å². The smallest absolute Gasteiger partial charge is 0.258 e. The van der Waals surface area contributed by atoms with Crippen LogP contribution in [-0.2, 0) is 0 Å². The third-order valence-electron chi connectivity index (χ3n) is 3.65. The Balaban J connectivity index is 1.98. The summed E-state index contributed by atoms with van der Waals surface area (Å²) in [5.41, 5.74) is 6.97. The van der Waals surface area contributed by atoms with Gasteiger partial charge in [-0.2, -0.15) is 4.98 Å². The van der Waals surface area contributed by atoms with E-state index in [1.54, 1.807) is 0 Å². The van der Waals surface area contributed by atoms with E-state index in [0.717, 1.165) is 10.9 Å². The minimum absolute atomic E-state index is 0.107. The largest absolute Gasteiger partial charge is 0.334 e. The number of aromatic nitrogens is 2. The van der Waals surface area contributed by atoms with Gasteiger partial charge in [0.1, 0.15) is 0 Å². The highest BCUT2D eigenvalue weighted by Crippen LogP contribution is 2.30. The van der Waals surface area contributed by atoms with Gasteiger partial charge in [0, 0.05) is 5.56 Å². The van der Waals surface area contributed by atoms with E-state index < -0.39 is 0 Å². The van der Waals surface area contributed by atoms with Crippen LogP contribution >= 0.6 is 0 Å². The van der Waals surface area contributed by atoms with E-state index in [4.69, 9.17) is 10.3 Å². The quantitative estimate of drug-likeness (QED) is 0.772. The molecule has 21 heavy (non-hydrogen) atoms. The van der Waals surface area contributed by atoms with Crippen LogP contribution in [0.1, 0.15) is 32.6 Å². The van der Waals surface area contributed by atoms with E-state index in [2.05, 4.69) is 55.2 Å². The third-order valence-corrected chi connectivity index (χ3v) is 3.65. The Hall–Kier alpha value is -2.20. The molecular formula is C17H19N3O. The molecule has 1 heterocycles. The van der Waals surface area contributed by atoms with Crippen LogP contribution in [0.5, 0.6) is 0 Å². The molecule has 4 heteroatoms. The van der Waals surface area contributed by atoms with Crippen LogP contribution in [0.3, 0.4) is 0 Å². The van der Waals surface area contributed by atoms with Crippen molar-refractivity contribution in [3.63, 3.8) is 0 Å². The lowest BCUT2D eigenvalue weighted by atomic mass is 9.87. The van der Waals surface area contributed by atoms with E-state index in [0.29, 0.717) is 11.7 Å². The van der Waals surface area contributed by atoms with Crippen molar-refractivity contribution < 1.29 is 4.52 Å². The molecule has 1 atom stereocenters. The fourth-order valence-corrected chi connectivity index (χ4v) is 2.19. The molecule has 2 N–H and O–H groups in total. The first-order valence-electron chi connectivity index (χ1n) is 7.03. The molecule has 2 aromatic carbocycles. The molecule has 3 rings (SSSR count). The topological polar surface area (TPSA) is 64.9 Å². The van der Waals surface area contributed by atoms with Crippen molar-refractivity contribution in [3.8, 4) is 11.5 Å². The van der Waals surface area contributed by atoms with Gasteiger partial charge >= 0.3 is 0 Å². The van der Waals surface area contributed by atoms with Gasteiger partial charge in [-0.15, -0.1) is 0 Å². The summed E-state index contributed by atoms with van der Waals surface area (Å²) in [6.45, 7) is 6.18. The number of rotatable bonds is 2. The highest BCUT2D eigenvalue weighted by atomic mass is 16.5. The van der Waals surface area contributed by atoms with Gasteiger partial charge < -0.3 is 10.3 Å². The maximum Gasteiger partial charge on any atom is 0.258 e. The second kappa shape index (κ2) is 4.97. The number of hydrogen-bond acceptors (Lipinski definition) is 4. The predicted octanol–water partition coefficient (Wildman–Crippen LogP) is 3.94. The van der Waals surface area contributed by atoms with Crippen molar-refractivity contribution in [2.24, 2.45) is 11.1 Å². The van der Waals surface area contributed by atoms with Crippen LogP contribution < -0.4 is 5.73 Å². The van der Waals surface area contributed by atoms with Gasteiger partial charge in [0.2, 0.25) is 0 Å². The van der Waals surface area contributed by atoms with Crippen LogP contribution in [0.4, 0.5) is 0 Å². The van der Waals surface area contributed by atoms with Gasteiger partial charge in [-0.3, -0.25) is 0 Å². The number of nitrogens with two attached hydrogens (primary N) is 1. The van der Waals surface area contributed by atoms with E-state index in [1.165, 1.54) is 5.39 Å². The molecular weight excluding hydrogens is 262 g/mol. The van der Waals surface area contributed by atoms with Crippen molar-refractivity contribution in [1.82, 2.24) is 10.1 Å². The van der Waals surface area contributed by atoms with Gasteiger partial charge in [-0.25, -0.2) is 0 Å². The summed E-state index contributed by atoms with van der Waals surface area (Å²) in [6, 6.07) is 14.0. The van der Waals surface area contributed by atoms with Crippen LogP contribution in [0, 0.1) is 5.41 Å². The van der Waals surface area contributed by atoms with Crippen LogP contribution in [0.15, 0.2) is 47.0 Å². The average Bonchev–Trinajstić information content (AvgIpc) is 2.94. The molecule has 0 bridgehead atoms. The van der Waals surface area contributed by atoms with Gasteiger partial charge in [0.15, 0.2) is 5.82 Å². The van der Waals surface area contributed by atoms with Crippen molar-refractivity contribution in [2.45, 2.75) is 26.8 Å². The molecule has 0 aliphatic heterocycles. The third kappa shape index (κ3) is 2.67. The van der Waals surface area contributed by atoms with Gasteiger partial charge in [-0.05, 0) is 28.3 Å². The van der Waals surface area contributed by atoms with E-state index in [1.807, 2.05) is 18.2 Å². The number of hydrogen-bond donors (Lipinski definition) is 1. The van der Waals surface area contributed by atoms with Crippen LogP contribution in [0.2, 0.25) is 0 Å². The lowest BCUT2D eigenvalue weighted by molar-refractivity contribution is 0.303. The fraction of sp³-hybridized carbons (Fsp3) is 0.294. The first-order chi connectivity index (χ1) is 9.95. The summed E-state index contributed by atoms with van der Waals surface area (Å²) in [5, 5.41) is 6.36. The molecule has 3 aromatic rings. The summed E-state index contributed by atoms with van der Waals surface area (Å²) < 4.78 is 5.37. The van der Waals surface area contributed by atoms with Crippen molar-refractivity contribution >= 4 is 10.8 Å². The summed E-state index contributed by atoms with van der Waals surface area (Å²) in [4.78, 5) is 4.45. The zero-order chi connectivity index (χ0) is 15.0. The Labute approximate surface area is 124 Å². The van der Waals surface area contributed by atoms with Gasteiger partial charge in [0.05, 0.1) is 6.04 Å². The lowest BCUT2D eigenvalue weighted by Crippen LogP contribution is -2.27. The highest BCUT2D eigenvalue weighted by Gasteiger charge is 2.27. The molecule has 0 aliphatic carbocycles. The molecule has 0 amide bonds. The minimum atomic E-state index is -0.254. The number of fused-ring (bicyclic) bond motifs is 1. The maximum absolute atomic E-state index is 6.17. The first kappa shape index (κ1) is 13.8. The van der Waals surface area contributed by atoms with Crippen LogP contribution in [-0.4, -0.2) is 10.1 Å². The summed E-state index contributed by atoms with van der Waals surface area (Å²) in [7, 11) is 0. The molecule has 0 radical (unpaired) electrons. The number of benzene rings is 2. The molecule has 1 aromatic heterocycles. The summed E-state index contributed by atoms with van der Waals surface area (Å²) >= 11 is 0. The predicted molar refractivity (Wildman–Crippen MR) is 83.6 cm³/mol. The molecule has 0 aliphatic rings. The molecule has 108 valence electrons. The molecule has 0 fully saturated rings. The highest BCUT2D eigenvalue weighted by molar-refractivity contribution is 5.86. The molecule has 1 unspecified atom stereocenters. The zero-order valence-electron chi connectivity index (χ0n) is 12.5. The lowest BCUT2D eigenvalue weighted by Gasteiger charge is -2.23. The van der Waals surface area contributed by atoms with E-state index in [9.17, 15) is 0 Å². The molecule has 0 saturated heterocycles. The normalized spacial score (nSPS) is 13.5. The minimum Gasteiger partial charge on any atom is -0.334 e. The zero-order valence-corrected chi connectivity index (χ0v) is 12.5. The second-order valence-corrected chi connectivity index (χ2v) is 6.36. The maximum atomic E-state index is 6.17. The Bertz CT molecular complexity index is 771. The molecule has 4 nitrogen and oxygen atoms in total. The summed E-state index contributed by atoms with van der Waals surface area (Å²) in [5.74, 6) is 1.06.